The van der Waals surface area contributed by atoms with Crippen LogP contribution in [0.2, 0.25) is 0 Å². The first kappa shape index (κ1) is 14.1. The van der Waals surface area contributed by atoms with Crippen molar-refractivity contribution in [1.29, 1.82) is 0 Å². The number of carbonyl (C=O) groups is 2. The molecule has 0 aromatic heterocycles. The van der Waals surface area contributed by atoms with E-state index in [1.807, 2.05) is 6.92 Å². The first-order valence-corrected chi connectivity index (χ1v) is 6.89. The summed E-state index contributed by atoms with van der Waals surface area (Å²) in [5, 5.41) is 15.5. The minimum absolute atomic E-state index is 0.115. The summed E-state index contributed by atoms with van der Waals surface area (Å²) >= 11 is 0. The Morgan fingerprint density at radius 2 is 2.05 bits per heavy atom. The maximum absolute atomic E-state index is 12.2. The van der Waals surface area contributed by atoms with E-state index in [9.17, 15) is 14.7 Å². The summed E-state index contributed by atoms with van der Waals surface area (Å²) in [6, 6.07) is -0.269. The highest BCUT2D eigenvalue weighted by atomic mass is 16.4. The lowest BCUT2D eigenvalue weighted by molar-refractivity contribution is -0.152. The lowest BCUT2D eigenvalue weighted by Crippen LogP contribution is -2.52. The first-order chi connectivity index (χ1) is 8.95. The van der Waals surface area contributed by atoms with Gasteiger partial charge in [0.05, 0.1) is 5.41 Å². The van der Waals surface area contributed by atoms with Crippen LogP contribution < -0.4 is 10.6 Å². The van der Waals surface area contributed by atoms with Crippen molar-refractivity contribution in [1.82, 2.24) is 10.6 Å². The highest BCUT2D eigenvalue weighted by molar-refractivity contribution is 5.94. The van der Waals surface area contributed by atoms with Crippen LogP contribution in [-0.2, 0) is 9.59 Å². The molecule has 0 aromatic rings. The lowest BCUT2D eigenvalue weighted by Gasteiger charge is -2.38. The number of rotatable bonds is 3. The molecule has 0 spiro atoms. The van der Waals surface area contributed by atoms with Crippen molar-refractivity contribution in [2.24, 2.45) is 5.41 Å². The van der Waals surface area contributed by atoms with E-state index < -0.39 is 11.4 Å². The number of carboxylic acids is 1. The number of hydrogen-bond donors (Lipinski definition) is 3. The maximum atomic E-state index is 12.2. The van der Waals surface area contributed by atoms with Gasteiger partial charge in [0.25, 0.3) is 0 Å². The van der Waals surface area contributed by atoms with Crippen LogP contribution in [0.15, 0.2) is 11.1 Å². The molecule has 5 nitrogen and oxygen atoms in total. The predicted molar refractivity (Wildman–Crippen MR) is 71.7 cm³/mol. The van der Waals surface area contributed by atoms with Crippen LogP contribution in [0.4, 0.5) is 0 Å². The summed E-state index contributed by atoms with van der Waals surface area (Å²) in [5.74, 6) is -0.927. The molecule has 0 aromatic carbocycles. The third-order valence-electron chi connectivity index (χ3n) is 4.55. The van der Waals surface area contributed by atoms with Gasteiger partial charge in [0.1, 0.15) is 0 Å². The minimum Gasteiger partial charge on any atom is -0.481 e. The summed E-state index contributed by atoms with van der Waals surface area (Å²) in [5.41, 5.74) is 1.01. The Morgan fingerprint density at radius 3 is 2.58 bits per heavy atom. The van der Waals surface area contributed by atoms with Gasteiger partial charge in [-0.2, -0.15) is 0 Å². The van der Waals surface area contributed by atoms with Crippen molar-refractivity contribution in [2.75, 3.05) is 13.1 Å². The van der Waals surface area contributed by atoms with Gasteiger partial charge in [-0.05, 0) is 32.3 Å². The van der Waals surface area contributed by atoms with Crippen LogP contribution in [0.3, 0.4) is 0 Å². The van der Waals surface area contributed by atoms with Gasteiger partial charge < -0.3 is 15.7 Å². The molecule has 1 aliphatic carbocycles. The van der Waals surface area contributed by atoms with Gasteiger partial charge in [-0.25, -0.2) is 0 Å². The van der Waals surface area contributed by atoms with Crippen molar-refractivity contribution in [3.8, 4) is 0 Å². The molecule has 2 atom stereocenters. The zero-order valence-electron chi connectivity index (χ0n) is 11.6. The molecular formula is C14H22N2O3. The summed E-state index contributed by atoms with van der Waals surface area (Å²) < 4.78 is 0. The van der Waals surface area contributed by atoms with Gasteiger partial charge in [0.2, 0.25) is 5.91 Å². The number of carbonyl (C=O) groups excluding carboxylic acids is 1. The quantitative estimate of drug-likeness (QED) is 0.667. The normalized spacial score (nSPS) is 30.4. The van der Waals surface area contributed by atoms with Crippen molar-refractivity contribution in [2.45, 2.75) is 45.6 Å². The van der Waals surface area contributed by atoms with Crippen LogP contribution in [0, 0.1) is 5.41 Å². The van der Waals surface area contributed by atoms with Gasteiger partial charge in [-0.3, -0.25) is 9.59 Å². The number of nitrogens with one attached hydrogen (secondary N) is 2. The standard InChI is InChI=1S/C14H22N2O3/c1-9(10-7-15-8-10)12(17)16-11-5-3-4-6-14(11,2)13(18)19/h11,15H,3-8H2,1-2H3,(H,16,17)(H,18,19). The van der Waals surface area contributed by atoms with Crippen molar-refractivity contribution in [3.63, 3.8) is 0 Å². The van der Waals surface area contributed by atoms with Gasteiger partial charge in [0.15, 0.2) is 0 Å². The van der Waals surface area contributed by atoms with E-state index in [0.717, 1.165) is 43.5 Å². The second kappa shape index (κ2) is 5.33. The highest BCUT2D eigenvalue weighted by Crippen LogP contribution is 2.36. The Kier molecular flexibility index (Phi) is 3.94. The molecule has 1 amide bonds. The molecule has 1 aliphatic heterocycles. The minimum atomic E-state index is -0.837. The van der Waals surface area contributed by atoms with E-state index >= 15 is 0 Å². The number of carboxylic acid groups (broad SMARTS) is 1. The zero-order chi connectivity index (χ0) is 14.0. The summed E-state index contributed by atoms with van der Waals surface area (Å²) in [4.78, 5) is 23.6. The van der Waals surface area contributed by atoms with Crippen LogP contribution in [0.5, 0.6) is 0 Å². The van der Waals surface area contributed by atoms with Gasteiger partial charge in [-0.15, -0.1) is 0 Å². The summed E-state index contributed by atoms with van der Waals surface area (Å²) in [6.45, 7) is 5.08. The molecule has 2 unspecified atom stereocenters. The third-order valence-corrected chi connectivity index (χ3v) is 4.55. The number of hydrogen-bond acceptors (Lipinski definition) is 3. The molecule has 1 saturated carbocycles. The third kappa shape index (κ3) is 2.66. The predicted octanol–water partition coefficient (Wildman–Crippen LogP) is 1.06. The van der Waals surface area contributed by atoms with Crippen LogP contribution in [-0.4, -0.2) is 36.1 Å². The van der Waals surface area contributed by atoms with E-state index in [-0.39, 0.29) is 11.9 Å². The number of aliphatic carboxylic acids is 1. The SMILES string of the molecule is CC(C(=O)NC1CCCCC1(C)C(=O)O)=C1CNC1. The van der Waals surface area contributed by atoms with Gasteiger partial charge in [0, 0.05) is 24.7 Å². The zero-order valence-corrected chi connectivity index (χ0v) is 11.6. The molecule has 0 bridgehead atoms. The average molecular weight is 266 g/mol. The molecule has 3 N–H and O–H groups in total. The van der Waals surface area contributed by atoms with E-state index in [1.54, 1.807) is 6.92 Å². The van der Waals surface area contributed by atoms with Crippen molar-refractivity contribution < 1.29 is 14.7 Å². The molecule has 106 valence electrons. The Labute approximate surface area is 113 Å². The molecule has 2 rings (SSSR count). The molecule has 2 fully saturated rings. The molecule has 1 heterocycles. The smallest absolute Gasteiger partial charge is 0.311 e. The monoisotopic (exact) mass is 266 g/mol. The fourth-order valence-electron chi connectivity index (χ4n) is 2.76. The van der Waals surface area contributed by atoms with E-state index in [1.165, 1.54) is 0 Å². The Balaban J connectivity index is 2.08. The van der Waals surface area contributed by atoms with Crippen molar-refractivity contribution >= 4 is 11.9 Å². The molecule has 2 aliphatic rings. The Hall–Kier alpha value is -1.36. The van der Waals surface area contributed by atoms with Crippen LogP contribution in [0.1, 0.15) is 39.5 Å². The molecule has 19 heavy (non-hydrogen) atoms. The average Bonchev–Trinajstić information content (AvgIpc) is 2.29. The molecule has 0 radical (unpaired) electrons. The fourth-order valence-corrected chi connectivity index (χ4v) is 2.76. The Bertz CT molecular complexity index is 424. The number of amides is 1. The first-order valence-electron chi connectivity index (χ1n) is 6.89. The molecular weight excluding hydrogens is 244 g/mol. The second-order valence-electron chi connectivity index (χ2n) is 5.83. The van der Waals surface area contributed by atoms with E-state index in [0.29, 0.717) is 6.42 Å². The van der Waals surface area contributed by atoms with Crippen LogP contribution in [0.25, 0.3) is 0 Å². The maximum Gasteiger partial charge on any atom is 0.311 e. The van der Waals surface area contributed by atoms with Gasteiger partial charge in [-0.1, -0.05) is 12.8 Å². The largest absolute Gasteiger partial charge is 0.481 e. The lowest BCUT2D eigenvalue weighted by atomic mass is 9.71. The van der Waals surface area contributed by atoms with Crippen molar-refractivity contribution in [3.05, 3.63) is 11.1 Å². The molecule has 1 saturated heterocycles. The second-order valence-corrected chi connectivity index (χ2v) is 5.83. The van der Waals surface area contributed by atoms with E-state index in [2.05, 4.69) is 10.6 Å². The highest BCUT2D eigenvalue weighted by Gasteiger charge is 2.44. The Morgan fingerprint density at radius 1 is 1.37 bits per heavy atom. The van der Waals surface area contributed by atoms with Gasteiger partial charge >= 0.3 is 5.97 Å². The van der Waals surface area contributed by atoms with E-state index in [4.69, 9.17) is 0 Å². The van der Waals surface area contributed by atoms with Crippen LogP contribution >= 0.6 is 0 Å². The molecule has 5 heteroatoms. The fraction of sp³-hybridized carbons (Fsp3) is 0.714. The topological polar surface area (TPSA) is 78.4 Å². The summed E-state index contributed by atoms with van der Waals surface area (Å²) in [6.07, 6.45) is 3.27. The summed E-state index contributed by atoms with van der Waals surface area (Å²) in [7, 11) is 0.